The van der Waals surface area contributed by atoms with Gasteiger partial charge >= 0.3 is 5.97 Å². The molecule has 0 amide bonds. The lowest BCUT2D eigenvalue weighted by Gasteiger charge is -2.19. The van der Waals surface area contributed by atoms with Gasteiger partial charge in [0.15, 0.2) is 0 Å². The Balaban J connectivity index is 2.00. The monoisotopic (exact) mass is 352 g/mol. The van der Waals surface area contributed by atoms with Crippen molar-refractivity contribution >= 4 is 5.97 Å². The Morgan fingerprint density at radius 1 is 0.923 bits per heavy atom. The van der Waals surface area contributed by atoms with Crippen molar-refractivity contribution in [3.8, 4) is 0 Å². The minimum Gasteiger partial charge on any atom is -0.466 e. The van der Waals surface area contributed by atoms with Crippen molar-refractivity contribution in [1.29, 1.82) is 0 Å². The molecule has 26 heavy (non-hydrogen) atoms. The van der Waals surface area contributed by atoms with Gasteiger partial charge in [0, 0.05) is 12.3 Å². The second kappa shape index (κ2) is 10.8. The van der Waals surface area contributed by atoms with Crippen LogP contribution >= 0.6 is 0 Å². The molecule has 2 aromatic rings. The molecule has 1 atom stereocenters. The molecule has 0 aliphatic carbocycles. The Kier molecular flexibility index (Phi) is 8.40. The van der Waals surface area contributed by atoms with Crippen molar-refractivity contribution in [2.24, 2.45) is 0 Å². The highest BCUT2D eigenvalue weighted by Gasteiger charge is 2.17. The quantitative estimate of drug-likeness (QED) is 0.368. The van der Waals surface area contributed by atoms with E-state index in [-0.39, 0.29) is 11.9 Å². The fourth-order valence-electron chi connectivity index (χ4n) is 3.47. The third-order valence-electron chi connectivity index (χ3n) is 4.75. The number of aryl methyl sites for hydroxylation is 2. The van der Waals surface area contributed by atoms with Gasteiger partial charge in [-0.1, -0.05) is 85.8 Å². The number of carbonyl (C=O) groups is 1. The zero-order valence-corrected chi connectivity index (χ0v) is 16.5. The first-order valence-corrected chi connectivity index (χ1v) is 9.89. The molecule has 0 spiro atoms. The molecule has 140 valence electrons. The van der Waals surface area contributed by atoms with Crippen molar-refractivity contribution < 1.29 is 9.53 Å². The topological polar surface area (TPSA) is 26.3 Å². The number of hydrogen-bond acceptors (Lipinski definition) is 2. The van der Waals surface area contributed by atoms with Crippen LogP contribution in [0.25, 0.3) is 0 Å². The molecule has 0 aliphatic rings. The molecule has 0 aromatic heterocycles. The summed E-state index contributed by atoms with van der Waals surface area (Å²) in [6, 6.07) is 17.1. The van der Waals surface area contributed by atoms with Gasteiger partial charge in [-0.2, -0.15) is 0 Å². The van der Waals surface area contributed by atoms with Crippen molar-refractivity contribution in [1.82, 2.24) is 0 Å². The number of rotatable bonds is 10. The maximum atomic E-state index is 12.2. The maximum Gasteiger partial charge on any atom is 0.305 e. The first kappa shape index (κ1) is 20.2. The van der Waals surface area contributed by atoms with Gasteiger partial charge in [-0.15, -0.1) is 0 Å². The molecule has 0 bridgehead atoms. The number of ether oxygens (including phenoxy) is 1. The van der Waals surface area contributed by atoms with Gasteiger partial charge in [0.05, 0.1) is 6.61 Å². The normalized spacial score (nSPS) is 12.0. The third-order valence-corrected chi connectivity index (χ3v) is 4.75. The molecule has 2 heteroatoms. The van der Waals surface area contributed by atoms with E-state index in [0.717, 1.165) is 19.3 Å². The van der Waals surface area contributed by atoms with Gasteiger partial charge in [0.25, 0.3) is 0 Å². The lowest BCUT2D eigenvalue weighted by molar-refractivity contribution is -0.143. The Morgan fingerprint density at radius 3 is 2.27 bits per heavy atom. The number of unbranched alkanes of at least 4 members (excludes halogenated alkanes) is 3. The average molecular weight is 353 g/mol. The fraction of sp³-hybridized carbons (Fsp3) is 0.458. The molecule has 0 aliphatic heterocycles. The molecule has 0 heterocycles. The Hall–Kier alpha value is -2.09. The number of hydrogen-bond donors (Lipinski definition) is 0. The van der Waals surface area contributed by atoms with Gasteiger partial charge in [0.1, 0.15) is 0 Å². The van der Waals surface area contributed by atoms with Crippen LogP contribution in [0.5, 0.6) is 0 Å². The number of benzene rings is 2. The molecule has 0 saturated carbocycles. The molecular weight excluding hydrogens is 320 g/mol. The summed E-state index contributed by atoms with van der Waals surface area (Å²) in [7, 11) is 0. The van der Waals surface area contributed by atoms with E-state index in [1.807, 2.05) is 6.07 Å². The van der Waals surface area contributed by atoms with Crippen molar-refractivity contribution in [3.05, 3.63) is 70.8 Å². The molecule has 1 unspecified atom stereocenters. The van der Waals surface area contributed by atoms with E-state index in [0.29, 0.717) is 13.0 Å². The van der Waals surface area contributed by atoms with Gasteiger partial charge in [-0.25, -0.2) is 0 Å². The van der Waals surface area contributed by atoms with Crippen LogP contribution in [0.15, 0.2) is 48.5 Å². The van der Waals surface area contributed by atoms with Crippen LogP contribution in [0, 0.1) is 13.8 Å². The summed E-state index contributed by atoms with van der Waals surface area (Å²) in [6.07, 6.45) is 5.75. The lowest BCUT2D eigenvalue weighted by Crippen LogP contribution is -2.10. The molecule has 2 nitrogen and oxygen atoms in total. The number of carbonyl (C=O) groups excluding carboxylic acids is 1. The highest BCUT2D eigenvalue weighted by molar-refractivity contribution is 5.69. The summed E-state index contributed by atoms with van der Waals surface area (Å²) in [6.45, 7) is 6.99. The first-order chi connectivity index (χ1) is 12.6. The smallest absolute Gasteiger partial charge is 0.305 e. The summed E-state index contributed by atoms with van der Waals surface area (Å²) in [5.74, 6) is 0.147. The van der Waals surface area contributed by atoms with Crippen LogP contribution in [0.2, 0.25) is 0 Å². The second-order valence-corrected chi connectivity index (χ2v) is 7.20. The molecule has 0 radical (unpaired) electrons. The fourth-order valence-corrected chi connectivity index (χ4v) is 3.47. The summed E-state index contributed by atoms with van der Waals surface area (Å²) < 4.78 is 5.42. The lowest BCUT2D eigenvalue weighted by atomic mass is 9.86. The Labute approximate surface area is 158 Å². The van der Waals surface area contributed by atoms with Gasteiger partial charge in [-0.3, -0.25) is 4.79 Å². The van der Waals surface area contributed by atoms with Crippen LogP contribution in [0.1, 0.15) is 73.6 Å². The summed E-state index contributed by atoms with van der Waals surface area (Å²) in [5.41, 5.74) is 5.07. The van der Waals surface area contributed by atoms with Crippen LogP contribution in [0.3, 0.4) is 0 Å². The summed E-state index contributed by atoms with van der Waals surface area (Å²) in [4.78, 5) is 12.2. The molecule has 0 N–H and O–H groups in total. The zero-order valence-electron chi connectivity index (χ0n) is 16.5. The van der Waals surface area contributed by atoms with E-state index in [9.17, 15) is 4.79 Å². The summed E-state index contributed by atoms with van der Waals surface area (Å²) >= 11 is 0. The van der Waals surface area contributed by atoms with Crippen LogP contribution in [-0.2, 0) is 9.53 Å². The largest absolute Gasteiger partial charge is 0.466 e. The third kappa shape index (κ3) is 6.67. The Morgan fingerprint density at radius 2 is 1.62 bits per heavy atom. The van der Waals surface area contributed by atoms with E-state index in [1.54, 1.807) is 0 Å². The predicted molar refractivity (Wildman–Crippen MR) is 109 cm³/mol. The number of esters is 1. The van der Waals surface area contributed by atoms with Crippen LogP contribution in [-0.4, -0.2) is 12.6 Å². The van der Waals surface area contributed by atoms with Crippen molar-refractivity contribution in [2.75, 3.05) is 6.61 Å². The van der Waals surface area contributed by atoms with Crippen molar-refractivity contribution in [3.63, 3.8) is 0 Å². The molecular formula is C24H32O2. The SMILES string of the molecule is CCCCCCOC(=O)CCC(c1ccccc1)c1cc(C)cc(C)c1. The molecule has 0 fully saturated rings. The average Bonchev–Trinajstić information content (AvgIpc) is 2.62. The Bertz CT molecular complexity index is 656. The van der Waals surface area contributed by atoms with Gasteiger partial charge < -0.3 is 4.74 Å². The van der Waals surface area contributed by atoms with E-state index in [1.165, 1.54) is 35.1 Å². The van der Waals surface area contributed by atoms with E-state index < -0.39 is 0 Å². The predicted octanol–water partition coefficient (Wildman–Crippen LogP) is 6.34. The first-order valence-electron chi connectivity index (χ1n) is 9.89. The van der Waals surface area contributed by atoms with Crippen LogP contribution < -0.4 is 0 Å². The van der Waals surface area contributed by atoms with E-state index in [4.69, 9.17) is 4.74 Å². The van der Waals surface area contributed by atoms with E-state index >= 15 is 0 Å². The highest BCUT2D eigenvalue weighted by Crippen LogP contribution is 2.30. The maximum absolute atomic E-state index is 12.2. The minimum atomic E-state index is -0.0770. The highest BCUT2D eigenvalue weighted by atomic mass is 16.5. The standard InChI is InChI=1S/C24H32O2/c1-4-5-6-10-15-26-24(25)14-13-23(21-11-8-7-9-12-21)22-17-19(2)16-20(3)18-22/h7-9,11-12,16-18,23H,4-6,10,13-15H2,1-3H3. The molecule has 0 saturated heterocycles. The molecule has 2 rings (SSSR count). The van der Waals surface area contributed by atoms with Gasteiger partial charge in [0.2, 0.25) is 0 Å². The zero-order chi connectivity index (χ0) is 18.8. The molecule has 2 aromatic carbocycles. The van der Waals surface area contributed by atoms with Crippen molar-refractivity contribution in [2.45, 2.75) is 65.2 Å². The van der Waals surface area contributed by atoms with E-state index in [2.05, 4.69) is 63.2 Å². The second-order valence-electron chi connectivity index (χ2n) is 7.20. The van der Waals surface area contributed by atoms with Crippen LogP contribution in [0.4, 0.5) is 0 Å². The minimum absolute atomic E-state index is 0.0770. The van der Waals surface area contributed by atoms with Gasteiger partial charge in [-0.05, 0) is 37.8 Å². The summed E-state index contributed by atoms with van der Waals surface area (Å²) in [5, 5.41) is 0.